The van der Waals surface area contributed by atoms with E-state index in [-0.39, 0.29) is 24.6 Å². The van der Waals surface area contributed by atoms with Crippen LogP contribution in [0.25, 0.3) is 0 Å². The number of aliphatic hydroxyl groups is 1. The second-order valence-electron chi connectivity index (χ2n) is 4.70. The Balaban J connectivity index is 2.23. The zero-order chi connectivity index (χ0) is 16.2. The first-order chi connectivity index (χ1) is 10.4. The molecule has 5 N–H and O–H groups in total. The summed E-state index contributed by atoms with van der Waals surface area (Å²) < 4.78 is 30.0. The lowest BCUT2D eigenvalue weighted by molar-refractivity contribution is -0.0947. The van der Waals surface area contributed by atoms with E-state index in [9.17, 15) is 8.42 Å². The highest BCUT2D eigenvalue weighted by molar-refractivity contribution is 7.86. The molecule has 1 unspecified atom stereocenters. The molecule has 1 aromatic rings. The number of hydrogen-bond donors (Lipinski definition) is 4. The molecule has 1 aromatic carbocycles. The van der Waals surface area contributed by atoms with Crippen LogP contribution in [-0.4, -0.2) is 50.4 Å². The topological polar surface area (TPSA) is 129 Å². The van der Waals surface area contributed by atoms with Gasteiger partial charge in [0.2, 0.25) is 0 Å². The van der Waals surface area contributed by atoms with Gasteiger partial charge < -0.3 is 5.11 Å². The van der Waals surface area contributed by atoms with Gasteiger partial charge in [0.15, 0.2) is 0 Å². The average molecular weight is 329 g/mol. The number of nitrogens with one attached hydrogen (secondary N) is 2. The highest BCUT2D eigenvalue weighted by atomic mass is 32.2. The maximum absolute atomic E-state index is 12.4. The van der Waals surface area contributed by atoms with Gasteiger partial charge in [-0.05, 0) is 19.1 Å². The van der Waals surface area contributed by atoms with Gasteiger partial charge in [-0.15, -0.1) is 0 Å². The Labute approximate surface area is 128 Å². The van der Waals surface area contributed by atoms with Crippen molar-refractivity contribution in [1.29, 1.82) is 0 Å². The fraction of sp³-hybridized carbons (Fsp3) is 0.417. The van der Waals surface area contributed by atoms with E-state index in [0.717, 1.165) is 10.6 Å². The van der Waals surface area contributed by atoms with E-state index in [2.05, 4.69) is 15.8 Å². The van der Waals surface area contributed by atoms with Crippen LogP contribution in [0.15, 0.2) is 34.2 Å². The Morgan fingerprint density at radius 1 is 1.45 bits per heavy atom. The summed E-state index contributed by atoms with van der Waals surface area (Å²) >= 11 is 0. The van der Waals surface area contributed by atoms with Crippen molar-refractivity contribution in [2.75, 3.05) is 19.7 Å². The molecule has 0 amide bonds. The van der Waals surface area contributed by atoms with Crippen molar-refractivity contribution < 1.29 is 17.7 Å². The molecule has 1 aliphatic rings. The zero-order valence-electron chi connectivity index (χ0n) is 12.1. The minimum absolute atomic E-state index is 0.00284. The van der Waals surface area contributed by atoms with Gasteiger partial charge in [0.1, 0.15) is 0 Å². The third-order valence-electron chi connectivity index (χ3n) is 2.96. The number of aryl methyl sites for hydroxylation is 1. The van der Waals surface area contributed by atoms with Gasteiger partial charge in [-0.1, -0.05) is 17.7 Å². The summed E-state index contributed by atoms with van der Waals surface area (Å²) in [4.78, 5) is 3.96. The number of hydrazine groups is 2. The summed E-state index contributed by atoms with van der Waals surface area (Å²) in [5.41, 5.74) is 6.11. The van der Waals surface area contributed by atoms with Crippen LogP contribution in [0.4, 0.5) is 0 Å². The third-order valence-corrected chi connectivity index (χ3v) is 4.26. The van der Waals surface area contributed by atoms with Gasteiger partial charge in [0.05, 0.1) is 18.0 Å². The number of nitrogens with zero attached hydrogens (tertiary/aromatic N) is 2. The lowest BCUT2D eigenvalue weighted by Crippen LogP contribution is -2.64. The second-order valence-corrected chi connectivity index (χ2v) is 6.24. The van der Waals surface area contributed by atoms with Crippen molar-refractivity contribution in [2.45, 2.75) is 17.8 Å². The molecule has 0 saturated heterocycles. The van der Waals surface area contributed by atoms with Crippen LogP contribution in [-0.2, 0) is 14.3 Å². The number of aliphatic hydroxyl groups excluding tert-OH is 1. The smallest absolute Gasteiger partial charge is 0.321 e. The predicted octanol–water partition coefficient (Wildman–Crippen LogP) is -1.34. The minimum atomic E-state index is -4.09. The SMILES string of the molecule is Cc1ccc(S(=O)(=O)OC2(NNCCO)N=CCN2N)cc1. The largest absolute Gasteiger partial charge is 0.395 e. The van der Waals surface area contributed by atoms with Crippen molar-refractivity contribution in [3.05, 3.63) is 29.8 Å². The highest BCUT2D eigenvalue weighted by Gasteiger charge is 2.44. The quantitative estimate of drug-likeness (QED) is 0.159. The van der Waals surface area contributed by atoms with Gasteiger partial charge in [-0.2, -0.15) is 18.9 Å². The molecule has 0 bridgehead atoms. The summed E-state index contributed by atoms with van der Waals surface area (Å²) in [6.07, 6.45) is 1.43. The molecule has 10 heteroatoms. The Bertz CT molecular complexity index is 633. The molecule has 0 fully saturated rings. The van der Waals surface area contributed by atoms with E-state index in [1.54, 1.807) is 12.1 Å². The van der Waals surface area contributed by atoms with Crippen molar-refractivity contribution in [1.82, 2.24) is 15.9 Å². The normalized spacial score (nSPS) is 22.3. The second kappa shape index (κ2) is 6.79. The molecule has 9 nitrogen and oxygen atoms in total. The van der Waals surface area contributed by atoms with E-state index in [0.29, 0.717) is 0 Å². The standard InChI is InChI=1S/C12H19N5O4S/c1-10-2-4-11(5-3-10)22(19,20)21-12(16-15-7-9-18)14-6-8-17(12)13/h2-6,15-16,18H,7-9,13H2,1H3. The van der Waals surface area contributed by atoms with Crippen LogP contribution in [0.1, 0.15) is 5.56 Å². The lowest BCUT2D eigenvalue weighted by atomic mass is 10.2. The van der Waals surface area contributed by atoms with E-state index < -0.39 is 16.1 Å². The summed E-state index contributed by atoms with van der Waals surface area (Å²) in [6, 6.07) is 6.22. The summed E-state index contributed by atoms with van der Waals surface area (Å²) in [5, 5.41) is 9.87. The minimum Gasteiger partial charge on any atom is -0.395 e. The van der Waals surface area contributed by atoms with Crippen LogP contribution in [0.2, 0.25) is 0 Å². The van der Waals surface area contributed by atoms with E-state index in [4.69, 9.17) is 15.1 Å². The molecule has 0 saturated carbocycles. The summed E-state index contributed by atoms with van der Waals surface area (Å²) in [5.74, 6) is 3.97. The summed E-state index contributed by atoms with van der Waals surface area (Å²) in [6.45, 7) is 2.07. The number of aliphatic imine (C=N–C) groups is 1. The van der Waals surface area contributed by atoms with Crippen LogP contribution in [0.3, 0.4) is 0 Å². The van der Waals surface area contributed by atoms with E-state index >= 15 is 0 Å². The maximum atomic E-state index is 12.4. The van der Waals surface area contributed by atoms with Crippen molar-refractivity contribution in [3.8, 4) is 0 Å². The number of rotatable bonds is 7. The van der Waals surface area contributed by atoms with Crippen LogP contribution < -0.4 is 16.7 Å². The van der Waals surface area contributed by atoms with Crippen LogP contribution >= 0.6 is 0 Å². The third kappa shape index (κ3) is 3.67. The molecule has 1 aliphatic heterocycles. The van der Waals surface area contributed by atoms with Crippen LogP contribution in [0, 0.1) is 6.92 Å². The fourth-order valence-corrected chi connectivity index (χ4v) is 2.84. The number of benzene rings is 1. The molecule has 0 radical (unpaired) electrons. The first-order valence-corrected chi connectivity index (χ1v) is 8.00. The number of nitrogens with two attached hydrogens (primary N) is 1. The first kappa shape index (κ1) is 17.0. The molecule has 1 atom stereocenters. The molecule has 0 spiro atoms. The van der Waals surface area contributed by atoms with Crippen molar-refractivity contribution >= 4 is 16.3 Å². The van der Waals surface area contributed by atoms with Gasteiger partial charge in [0, 0.05) is 12.8 Å². The molecule has 0 aliphatic carbocycles. The molecule has 1 heterocycles. The molecule has 0 aromatic heterocycles. The van der Waals surface area contributed by atoms with Gasteiger partial charge in [0.25, 0.3) is 0 Å². The zero-order valence-corrected chi connectivity index (χ0v) is 12.9. The average Bonchev–Trinajstić information content (AvgIpc) is 2.80. The maximum Gasteiger partial charge on any atom is 0.321 e. The predicted molar refractivity (Wildman–Crippen MR) is 79.8 cm³/mol. The van der Waals surface area contributed by atoms with Crippen molar-refractivity contribution in [2.24, 2.45) is 10.8 Å². The van der Waals surface area contributed by atoms with Gasteiger partial charge in [-0.3, -0.25) is 11.3 Å². The molecular weight excluding hydrogens is 310 g/mol. The monoisotopic (exact) mass is 329 g/mol. The first-order valence-electron chi connectivity index (χ1n) is 6.59. The molecular formula is C12H19N5O4S. The Hall–Kier alpha value is -1.40. The molecule has 22 heavy (non-hydrogen) atoms. The summed E-state index contributed by atoms with van der Waals surface area (Å²) in [7, 11) is -4.09. The highest BCUT2D eigenvalue weighted by Crippen LogP contribution is 2.23. The molecule has 122 valence electrons. The van der Waals surface area contributed by atoms with Gasteiger partial charge >= 0.3 is 16.1 Å². The Morgan fingerprint density at radius 3 is 2.68 bits per heavy atom. The lowest BCUT2D eigenvalue weighted by Gasteiger charge is -2.32. The fourth-order valence-electron chi connectivity index (χ4n) is 1.78. The van der Waals surface area contributed by atoms with Gasteiger partial charge in [-0.25, -0.2) is 9.18 Å². The Kier molecular flexibility index (Phi) is 5.24. The van der Waals surface area contributed by atoms with E-state index in [1.807, 2.05) is 6.92 Å². The van der Waals surface area contributed by atoms with E-state index in [1.165, 1.54) is 18.3 Å². The number of hydrogen-bond acceptors (Lipinski definition) is 9. The van der Waals surface area contributed by atoms with Crippen molar-refractivity contribution in [3.63, 3.8) is 0 Å². The van der Waals surface area contributed by atoms with Crippen LogP contribution in [0.5, 0.6) is 0 Å². The Morgan fingerprint density at radius 2 is 2.14 bits per heavy atom. The molecule has 2 rings (SSSR count).